The number of hydrogen-bond acceptors (Lipinski definition) is 4. The molecule has 1 unspecified atom stereocenters. The van der Waals surface area contributed by atoms with Crippen molar-refractivity contribution in [2.24, 2.45) is 13.0 Å². The predicted octanol–water partition coefficient (Wildman–Crippen LogP) is 2.96. The van der Waals surface area contributed by atoms with E-state index in [2.05, 4.69) is 29.6 Å². The molecule has 0 spiro atoms. The van der Waals surface area contributed by atoms with Crippen LogP contribution in [0.4, 0.5) is 5.82 Å². The van der Waals surface area contributed by atoms with Crippen molar-refractivity contribution in [1.29, 1.82) is 0 Å². The topological polar surface area (TPSA) is 68.2 Å². The Morgan fingerprint density at radius 1 is 1.42 bits per heavy atom. The fourth-order valence-corrected chi connectivity index (χ4v) is 3.36. The summed E-state index contributed by atoms with van der Waals surface area (Å²) in [5.41, 5.74) is 2.69. The Labute approximate surface area is 154 Å². The van der Waals surface area contributed by atoms with Gasteiger partial charge < -0.3 is 15.4 Å². The van der Waals surface area contributed by atoms with Crippen molar-refractivity contribution in [3.8, 4) is 5.75 Å². The van der Waals surface area contributed by atoms with Crippen molar-refractivity contribution in [2.45, 2.75) is 32.6 Å². The molecule has 140 valence electrons. The van der Waals surface area contributed by atoms with E-state index < -0.39 is 0 Å². The molecule has 2 heterocycles. The summed E-state index contributed by atoms with van der Waals surface area (Å²) in [4.78, 5) is 12.7. The molecule has 1 amide bonds. The smallest absolute Gasteiger partial charge is 0.256 e. The molecule has 0 saturated carbocycles. The first-order chi connectivity index (χ1) is 12.5. The molecule has 1 aromatic heterocycles. The summed E-state index contributed by atoms with van der Waals surface area (Å²) >= 11 is 0. The number of benzene rings is 1. The number of methoxy groups -OCH3 is 1. The van der Waals surface area contributed by atoms with Crippen molar-refractivity contribution in [3.05, 3.63) is 41.1 Å². The van der Waals surface area contributed by atoms with Gasteiger partial charge in [0.15, 0.2) is 0 Å². The third-order valence-electron chi connectivity index (χ3n) is 4.95. The second-order valence-electron chi connectivity index (χ2n) is 7.28. The first-order valence-corrected chi connectivity index (χ1v) is 9.21. The molecule has 6 nitrogen and oxygen atoms in total. The number of ether oxygens (including phenoxy) is 1. The quantitative estimate of drug-likeness (QED) is 0.835. The fourth-order valence-electron chi connectivity index (χ4n) is 3.36. The van der Waals surface area contributed by atoms with E-state index in [4.69, 9.17) is 4.74 Å². The highest BCUT2D eigenvalue weighted by Crippen LogP contribution is 2.26. The van der Waals surface area contributed by atoms with Crippen LogP contribution in [0.5, 0.6) is 5.75 Å². The zero-order valence-electron chi connectivity index (χ0n) is 16.0. The molecule has 0 bridgehead atoms. The standard InChI is InChI=1S/C20H28N4O2/c1-13(2)17-11-19(24(3)23-17)22-20(25)15-5-6-18(26-4)16(10-15)9-14-7-8-21-12-14/h5-6,10-11,13-14,21H,7-9,12H2,1-4H3,(H,22,25). The monoisotopic (exact) mass is 356 g/mol. The molecule has 1 atom stereocenters. The van der Waals surface area contributed by atoms with Gasteiger partial charge in [-0.25, -0.2) is 0 Å². The van der Waals surface area contributed by atoms with Gasteiger partial charge in [0.1, 0.15) is 11.6 Å². The van der Waals surface area contributed by atoms with E-state index >= 15 is 0 Å². The van der Waals surface area contributed by atoms with Gasteiger partial charge in [-0.3, -0.25) is 9.48 Å². The highest BCUT2D eigenvalue weighted by Gasteiger charge is 2.19. The minimum atomic E-state index is -0.128. The zero-order chi connectivity index (χ0) is 18.7. The van der Waals surface area contributed by atoms with Gasteiger partial charge in [0.25, 0.3) is 5.91 Å². The Kier molecular flexibility index (Phi) is 5.61. The number of carbonyl (C=O) groups excluding carboxylic acids is 1. The minimum Gasteiger partial charge on any atom is -0.496 e. The second kappa shape index (κ2) is 7.91. The number of aryl methyl sites for hydroxylation is 1. The average molecular weight is 356 g/mol. The van der Waals surface area contributed by atoms with Crippen LogP contribution >= 0.6 is 0 Å². The molecule has 0 aliphatic carbocycles. The first-order valence-electron chi connectivity index (χ1n) is 9.21. The van der Waals surface area contributed by atoms with Crippen LogP contribution in [0.15, 0.2) is 24.3 Å². The minimum absolute atomic E-state index is 0.128. The van der Waals surface area contributed by atoms with Crippen LogP contribution in [-0.2, 0) is 13.5 Å². The van der Waals surface area contributed by atoms with E-state index in [1.807, 2.05) is 31.3 Å². The summed E-state index contributed by atoms with van der Waals surface area (Å²) in [7, 11) is 3.52. The van der Waals surface area contributed by atoms with Crippen molar-refractivity contribution >= 4 is 11.7 Å². The van der Waals surface area contributed by atoms with E-state index in [0.29, 0.717) is 23.2 Å². The van der Waals surface area contributed by atoms with Crippen molar-refractivity contribution in [3.63, 3.8) is 0 Å². The summed E-state index contributed by atoms with van der Waals surface area (Å²) in [5.74, 6) is 2.33. The molecule has 3 rings (SSSR count). The number of nitrogens with one attached hydrogen (secondary N) is 2. The lowest BCUT2D eigenvalue weighted by atomic mass is 9.96. The Balaban J connectivity index is 1.78. The molecule has 6 heteroatoms. The van der Waals surface area contributed by atoms with Crippen LogP contribution in [-0.4, -0.2) is 35.9 Å². The summed E-state index contributed by atoms with van der Waals surface area (Å²) in [6, 6.07) is 7.57. The number of amides is 1. The molecule has 2 N–H and O–H groups in total. The SMILES string of the molecule is COc1ccc(C(=O)Nc2cc(C(C)C)nn2C)cc1CC1CCNC1. The Bertz CT molecular complexity index is 776. The second-order valence-corrected chi connectivity index (χ2v) is 7.28. The van der Waals surface area contributed by atoms with E-state index in [-0.39, 0.29) is 5.91 Å². The first kappa shape index (κ1) is 18.5. The largest absolute Gasteiger partial charge is 0.496 e. The Morgan fingerprint density at radius 3 is 2.85 bits per heavy atom. The van der Waals surface area contributed by atoms with Gasteiger partial charge in [-0.15, -0.1) is 0 Å². The lowest BCUT2D eigenvalue weighted by molar-refractivity contribution is 0.102. The molecule has 26 heavy (non-hydrogen) atoms. The van der Waals surface area contributed by atoms with Gasteiger partial charge in [-0.1, -0.05) is 13.8 Å². The molecule has 0 radical (unpaired) electrons. The van der Waals surface area contributed by atoms with Crippen LogP contribution in [0, 0.1) is 5.92 Å². The van der Waals surface area contributed by atoms with Crippen LogP contribution < -0.4 is 15.4 Å². The van der Waals surface area contributed by atoms with E-state index in [9.17, 15) is 4.79 Å². The number of hydrogen-bond donors (Lipinski definition) is 2. The van der Waals surface area contributed by atoms with Gasteiger partial charge in [-0.05, 0) is 61.5 Å². The molecule has 1 aromatic carbocycles. The number of carbonyl (C=O) groups is 1. The summed E-state index contributed by atoms with van der Waals surface area (Å²) in [6.45, 7) is 6.25. The highest BCUT2D eigenvalue weighted by molar-refractivity contribution is 6.04. The van der Waals surface area contributed by atoms with Crippen LogP contribution in [0.1, 0.15) is 47.8 Å². The highest BCUT2D eigenvalue weighted by atomic mass is 16.5. The van der Waals surface area contributed by atoms with E-state index in [1.165, 1.54) is 0 Å². The number of rotatable bonds is 6. The number of aromatic nitrogens is 2. The lowest BCUT2D eigenvalue weighted by Gasteiger charge is -2.14. The van der Waals surface area contributed by atoms with E-state index in [1.54, 1.807) is 11.8 Å². The van der Waals surface area contributed by atoms with Gasteiger partial charge in [0.05, 0.1) is 12.8 Å². The summed E-state index contributed by atoms with van der Waals surface area (Å²) in [5, 5.41) is 10.8. The van der Waals surface area contributed by atoms with Crippen molar-refractivity contribution in [1.82, 2.24) is 15.1 Å². The zero-order valence-corrected chi connectivity index (χ0v) is 16.0. The maximum Gasteiger partial charge on any atom is 0.256 e. The molecular formula is C20H28N4O2. The van der Waals surface area contributed by atoms with Gasteiger partial charge in [0.2, 0.25) is 0 Å². The maximum absolute atomic E-state index is 12.7. The normalized spacial score (nSPS) is 16.9. The number of nitrogens with zero attached hydrogens (tertiary/aromatic N) is 2. The molecule has 2 aromatic rings. The fraction of sp³-hybridized carbons (Fsp3) is 0.500. The van der Waals surface area contributed by atoms with Gasteiger partial charge in [0, 0.05) is 18.7 Å². The summed E-state index contributed by atoms with van der Waals surface area (Å²) < 4.78 is 7.20. The lowest BCUT2D eigenvalue weighted by Crippen LogP contribution is -2.16. The third kappa shape index (κ3) is 4.07. The molecule has 1 saturated heterocycles. The van der Waals surface area contributed by atoms with Gasteiger partial charge in [-0.2, -0.15) is 5.10 Å². The van der Waals surface area contributed by atoms with Crippen molar-refractivity contribution in [2.75, 3.05) is 25.5 Å². The Morgan fingerprint density at radius 2 is 2.23 bits per heavy atom. The predicted molar refractivity (Wildman–Crippen MR) is 103 cm³/mol. The van der Waals surface area contributed by atoms with Crippen molar-refractivity contribution < 1.29 is 9.53 Å². The molecule has 1 fully saturated rings. The summed E-state index contributed by atoms with van der Waals surface area (Å²) in [6.07, 6.45) is 2.08. The van der Waals surface area contributed by atoms with E-state index in [0.717, 1.165) is 42.9 Å². The number of anilines is 1. The van der Waals surface area contributed by atoms with Crippen LogP contribution in [0.2, 0.25) is 0 Å². The Hall–Kier alpha value is -2.34. The van der Waals surface area contributed by atoms with Crippen LogP contribution in [0.3, 0.4) is 0 Å². The average Bonchev–Trinajstić information content (AvgIpc) is 3.25. The third-order valence-corrected chi connectivity index (χ3v) is 4.95. The molecular weight excluding hydrogens is 328 g/mol. The van der Waals surface area contributed by atoms with Gasteiger partial charge >= 0.3 is 0 Å². The maximum atomic E-state index is 12.7. The van der Waals surface area contributed by atoms with Crippen LogP contribution in [0.25, 0.3) is 0 Å². The molecule has 1 aliphatic rings. The molecule has 1 aliphatic heterocycles.